The second-order valence-electron chi connectivity index (χ2n) is 8.08. The summed E-state index contributed by atoms with van der Waals surface area (Å²) in [6.45, 7) is 5.50. The fourth-order valence-corrected chi connectivity index (χ4v) is 3.72. The average molecular weight is 508 g/mol. The summed E-state index contributed by atoms with van der Waals surface area (Å²) in [7, 11) is 0. The molecule has 4 heterocycles. The molecule has 3 aromatic rings. The van der Waals surface area contributed by atoms with Gasteiger partial charge in [0.15, 0.2) is 5.79 Å². The SMILES string of the molecule is CC1OC(C)(c2cc(Cl)ncc2NC(=O)c2ccnc(Nc3ccc(C(F)(F)F)cn3)c2)OC1C. The van der Waals surface area contributed by atoms with Gasteiger partial charge in [-0.1, -0.05) is 11.6 Å². The van der Waals surface area contributed by atoms with Crippen LogP contribution in [0.2, 0.25) is 5.15 Å². The smallest absolute Gasteiger partial charge is 0.340 e. The molecule has 1 aliphatic heterocycles. The van der Waals surface area contributed by atoms with Crippen LogP contribution in [0.3, 0.4) is 0 Å². The molecule has 12 heteroatoms. The highest BCUT2D eigenvalue weighted by Crippen LogP contribution is 2.41. The molecule has 35 heavy (non-hydrogen) atoms. The summed E-state index contributed by atoms with van der Waals surface area (Å²) in [6.07, 6.45) is -1.34. The Hall–Kier alpha value is -3.28. The first-order chi connectivity index (χ1) is 16.4. The maximum absolute atomic E-state index is 13.0. The van der Waals surface area contributed by atoms with Crippen LogP contribution in [0.5, 0.6) is 0 Å². The number of rotatable bonds is 5. The number of carbonyl (C=O) groups excluding carboxylic acids is 1. The minimum absolute atomic E-state index is 0.138. The first-order valence-corrected chi connectivity index (χ1v) is 10.9. The average Bonchev–Trinajstić information content (AvgIpc) is 3.07. The van der Waals surface area contributed by atoms with Gasteiger partial charge in [0, 0.05) is 23.5 Å². The molecule has 0 aliphatic carbocycles. The predicted molar refractivity (Wildman–Crippen MR) is 122 cm³/mol. The van der Waals surface area contributed by atoms with Gasteiger partial charge in [-0.25, -0.2) is 15.0 Å². The van der Waals surface area contributed by atoms with Crippen LogP contribution in [-0.4, -0.2) is 33.1 Å². The van der Waals surface area contributed by atoms with Gasteiger partial charge in [0.25, 0.3) is 5.91 Å². The zero-order chi connectivity index (χ0) is 25.4. The van der Waals surface area contributed by atoms with Crippen molar-refractivity contribution in [2.45, 2.75) is 44.9 Å². The molecule has 184 valence electrons. The molecule has 2 unspecified atom stereocenters. The van der Waals surface area contributed by atoms with Crippen LogP contribution in [0.1, 0.15) is 42.3 Å². The standard InChI is InChI=1S/C23H21ClF3N5O3/c1-12-13(2)35-22(3,34-12)16-9-18(24)29-11-17(16)31-21(33)14-6-7-28-20(8-14)32-19-5-4-15(10-30-19)23(25,26)27/h4-13H,1-3H3,(H,31,33)(H,28,30,32). The van der Waals surface area contributed by atoms with Crippen LogP contribution in [0.15, 0.2) is 48.9 Å². The van der Waals surface area contributed by atoms with Crippen LogP contribution >= 0.6 is 11.6 Å². The van der Waals surface area contributed by atoms with Crippen molar-refractivity contribution in [3.63, 3.8) is 0 Å². The van der Waals surface area contributed by atoms with E-state index in [0.717, 1.165) is 6.07 Å². The van der Waals surface area contributed by atoms with Gasteiger partial charge in [-0.2, -0.15) is 13.2 Å². The summed E-state index contributed by atoms with van der Waals surface area (Å²) in [5, 5.41) is 5.77. The Morgan fingerprint density at radius 2 is 1.74 bits per heavy atom. The highest BCUT2D eigenvalue weighted by Gasteiger charge is 2.43. The van der Waals surface area contributed by atoms with Crippen LogP contribution < -0.4 is 10.6 Å². The number of halogens is 4. The quantitative estimate of drug-likeness (QED) is 0.438. The number of carbonyl (C=O) groups is 1. The number of amides is 1. The highest BCUT2D eigenvalue weighted by atomic mass is 35.5. The predicted octanol–water partition coefficient (Wildman–Crippen LogP) is 5.54. The van der Waals surface area contributed by atoms with Gasteiger partial charge < -0.3 is 20.1 Å². The summed E-state index contributed by atoms with van der Waals surface area (Å²) < 4.78 is 50.2. The lowest BCUT2D eigenvalue weighted by atomic mass is 10.1. The number of aromatic nitrogens is 3. The molecule has 2 atom stereocenters. The molecule has 1 saturated heterocycles. The van der Waals surface area contributed by atoms with E-state index in [2.05, 4.69) is 25.6 Å². The minimum atomic E-state index is -4.49. The third-order valence-corrected chi connectivity index (χ3v) is 5.67. The van der Waals surface area contributed by atoms with Crippen molar-refractivity contribution in [3.05, 3.63) is 70.8 Å². The fourth-order valence-electron chi connectivity index (χ4n) is 3.56. The first kappa shape index (κ1) is 24.8. The molecule has 0 bridgehead atoms. The Bertz CT molecular complexity index is 1230. The van der Waals surface area contributed by atoms with Crippen molar-refractivity contribution >= 4 is 34.8 Å². The highest BCUT2D eigenvalue weighted by molar-refractivity contribution is 6.29. The Kier molecular flexibility index (Phi) is 6.67. The third-order valence-electron chi connectivity index (χ3n) is 5.46. The topological polar surface area (TPSA) is 98.3 Å². The van der Waals surface area contributed by atoms with Crippen LogP contribution in [0.4, 0.5) is 30.5 Å². The van der Waals surface area contributed by atoms with Crippen molar-refractivity contribution < 1.29 is 27.4 Å². The van der Waals surface area contributed by atoms with Gasteiger partial charge in [-0.05, 0) is 51.1 Å². The monoisotopic (exact) mass is 507 g/mol. The zero-order valence-electron chi connectivity index (χ0n) is 18.9. The molecule has 4 rings (SSSR count). The van der Waals surface area contributed by atoms with Gasteiger partial charge in [0.2, 0.25) is 0 Å². The minimum Gasteiger partial charge on any atom is -0.340 e. The Morgan fingerprint density at radius 1 is 1.03 bits per heavy atom. The number of hydrogen-bond acceptors (Lipinski definition) is 7. The molecule has 8 nitrogen and oxygen atoms in total. The second kappa shape index (κ2) is 9.40. The number of anilines is 3. The Balaban J connectivity index is 1.53. The van der Waals surface area contributed by atoms with Crippen molar-refractivity contribution in [2.75, 3.05) is 10.6 Å². The van der Waals surface area contributed by atoms with E-state index >= 15 is 0 Å². The van der Waals surface area contributed by atoms with E-state index in [-0.39, 0.29) is 34.6 Å². The lowest BCUT2D eigenvalue weighted by molar-refractivity contribution is -0.166. The second-order valence-corrected chi connectivity index (χ2v) is 8.47. The molecule has 1 amide bonds. The van der Waals surface area contributed by atoms with E-state index in [1.54, 1.807) is 13.0 Å². The normalized spacial score (nSPS) is 22.1. The van der Waals surface area contributed by atoms with Gasteiger partial charge in [0.1, 0.15) is 16.8 Å². The van der Waals surface area contributed by atoms with Crippen LogP contribution in [-0.2, 0) is 21.4 Å². The van der Waals surface area contributed by atoms with Crippen molar-refractivity contribution in [3.8, 4) is 0 Å². The summed E-state index contributed by atoms with van der Waals surface area (Å²) in [5.74, 6) is -1.27. The Morgan fingerprint density at radius 3 is 2.37 bits per heavy atom. The molecule has 1 fully saturated rings. The number of pyridine rings is 3. The summed E-state index contributed by atoms with van der Waals surface area (Å²) in [4.78, 5) is 24.9. The van der Waals surface area contributed by atoms with E-state index in [0.29, 0.717) is 17.4 Å². The number of hydrogen-bond donors (Lipinski definition) is 2. The molecule has 2 N–H and O–H groups in total. The lowest BCUT2D eigenvalue weighted by Gasteiger charge is -2.26. The molecular weight excluding hydrogens is 487 g/mol. The maximum Gasteiger partial charge on any atom is 0.417 e. The third kappa shape index (κ3) is 5.53. The number of nitrogens with one attached hydrogen (secondary N) is 2. The molecule has 1 aliphatic rings. The van der Waals surface area contributed by atoms with Crippen molar-refractivity contribution in [1.29, 1.82) is 0 Å². The molecule has 3 aromatic heterocycles. The first-order valence-electron chi connectivity index (χ1n) is 10.5. The van der Waals surface area contributed by atoms with E-state index in [4.69, 9.17) is 21.1 Å². The van der Waals surface area contributed by atoms with Gasteiger partial charge in [0.05, 0.1) is 29.7 Å². The van der Waals surface area contributed by atoms with Crippen molar-refractivity contribution in [1.82, 2.24) is 15.0 Å². The number of ether oxygens (including phenoxy) is 2. The zero-order valence-corrected chi connectivity index (χ0v) is 19.6. The largest absolute Gasteiger partial charge is 0.417 e. The number of alkyl halides is 3. The van der Waals surface area contributed by atoms with E-state index in [9.17, 15) is 18.0 Å². The molecule has 0 aromatic carbocycles. The summed E-state index contributed by atoms with van der Waals surface area (Å²) >= 11 is 6.10. The van der Waals surface area contributed by atoms with Gasteiger partial charge in [-0.3, -0.25) is 4.79 Å². The summed E-state index contributed by atoms with van der Waals surface area (Å²) in [6, 6.07) is 6.56. The summed E-state index contributed by atoms with van der Waals surface area (Å²) in [5.41, 5.74) is 0.210. The molecular formula is C23H21ClF3N5O3. The Labute approximate surface area is 203 Å². The van der Waals surface area contributed by atoms with Crippen molar-refractivity contribution in [2.24, 2.45) is 0 Å². The van der Waals surface area contributed by atoms with Crippen LogP contribution in [0, 0.1) is 0 Å². The molecule has 0 saturated carbocycles. The van der Waals surface area contributed by atoms with Crippen LogP contribution in [0.25, 0.3) is 0 Å². The van der Waals surface area contributed by atoms with E-state index in [1.807, 2.05) is 13.8 Å². The van der Waals surface area contributed by atoms with E-state index < -0.39 is 23.4 Å². The fraction of sp³-hybridized carbons (Fsp3) is 0.304. The van der Waals surface area contributed by atoms with Gasteiger partial charge >= 0.3 is 6.18 Å². The lowest BCUT2D eigenvalue weighted by Crippen LogP contribution is -2.26. The van der Waals surface area contributed by atoms with E-state index in [1.165, 1.54) is 30.6 Å². The number of nitrogens with zero attached hydrogens (tertiary/aromatic N) is 3. The maximum atomic E-state index is 13.0. The van der Waals surface area contributed by atoms with Gasteiger partial charge in [-0.15, -0.1) is 0 Å². The molecule has 0 radical (unpaired) electrons. The molecule has 0 spiro atoms.